The Bertz CT molecular complexity index is 2220. The summed E-state index contributed by atoms with van der Waals surface area (Å²) in [6, 6.07) is 16.9. The maximum atomic E-state index is 14.9. The molecule has 4 bridgehead atoms. The fourth-order valence-corrected chi connectivity index (χ4v) is 7.39. The fraction of sp³-hybridized carbons (Fsp3) is 0.324. The van der Waals surface area contributed by atoms with Crippen molar-refractivity contribution >= 4 is 33.7 Å². The molecule has 8 rings (SSSR count). The first-order chi connectivity index (χ1) is 24.4. The van der Waals surface area contributed by atoms with Crippen LogP contribution in [0.4, 0.5) is 14.6 Å². The first-order valence-corrected chi connectivity index (χ1v) is 16.8. The predicted molar refractivity (Wildman–Crippen MR) is 184 cm³/mol. The Morgan fingerprint density at radius 1 is 1.06 bits per heavy atom. The highest BCUT2D eigenvalue weighted by atomic mass is 19.1. The van der Waals surface area contributed by atoms with E-state index in [-0.39, 0.29) is 17.7 Å². The maximum Gasteiger partial charge on any atom is 0.245 e. The van der Waals surface area contributed by atoms with Gasteiger partial charge in [-0.3, -0.25) is 9.48 Å². The zero-order valence-corrected chi connectivity index (χ0v) is 27.8. The lowest BCUT2D eigenvalue weighted by Crippen LogP contribution is -2.47. The number of hydrogen-bond acceptors (Lipinski definition) is 8. The van der Waals surface area contributed by atoms with Crippen LogP contribution >= 0.6 is 0 Å². The van der Waals surface area contributed by atoms with Crippen molar-refractivity contribution < 1.29 is 23.0 Å². The van der Waals surface area contributed by atoms with Gasteiger partial charge in [0.1, 0.15) is 41.5 Å². The van der Waals surface area contributed by atoms with Crippen molar-refractivity contribution in [2.45, 2.75) is 37.8 Å². The van der Waals surface area contributed by atoms with Gasteiger partial charge < -0.3 is 19.3 Å². The molecule has 0 aliphatic carbocycles. The topological polar surface area (TPSA) is 103 Å². The molecule has 256 valence electrons. The summed E-state index contributed by atoms with van der Waals surface area (Å²) in [5.74, 6) is -0.301. The second-order valence-electron chi connectivity index (χ2n) is 12.8. The largest absolute Gasteiger partial charge is 0.488 e. The molecule has 1 amide bonds. The first-order valence-electron chi connectivity index (χ1n) is 16.8. The van der Waals surface area contributed by atoms with Gasteiger partial charge in [-0.2, -0.15) is 10.2 Å². The third-order valence-electron chi connectivity index (χ3n) is 9.66. The number of carbonyl (C=O) groups excluding carboxylic acids is 1. The molecule has 5 heterocycles. The quantitative estimate of drug-likeness (QED) is 0.213. The van der Waals surface area contributed by atoms with Crippen LogP contribution in [0.3, 0.4) is 0 Å². The number of carbonyl (C=O) groups is 1. The summed E-state index contributed by atoms with van der Waals surface area (Å²) in [7, 11) is 3.63. The van der Waals surface area contributed by atoms with Crippen LogP contribution < -0.4 is 9.64 Å². The molecule has 6 aromatic rings. The average Bonchev–Trinajstić information content (AvgIpc) is 3.82. The Balaban J connectivity index is 1.21. The molecule has 1 fully saturated rings. The number of halogens is 2. The number of aryl methyl sites for hydroxylation is 2. The molecule has 1 saturated heterocycles. The predicted octanol–water partition coefficient (Wildman–Crippen LogP) is 5.49. The monoisotopic (exact) mass is 678 g/mol. The average molecular weight is 679 g/mol. The molecule has 2 aliphatic heterocycles. The molecule has 2 atom stereocenters. The number of hydrogen-bond donors (Lipinski definition) is 0. The maximum absolute atomic E-state index is 14.9. The number of benzene rings is 3. The second-order valence-corrected chi connectivity index (χ2v) is 12.8. The third kappa shape index (κ3) is 5.70. The summed E-state index contributed by atoms with van der Waals surface area (Å²) in [6.45, 7) is 1.97. The van der Waals surface area contributed by atoms with E-state index in [0.717, 1.165) is 46.6 Å². The standard InChI is InChI=1S/C37H36F2N8O3/c1-44-32-11-5-14-45(15-6-16-49-2)37(48)33-19-26(50-25-8-3-7-23(17-25)27-9-4-10-30(43-44)34(27)32)21-46(33)35-28-20-42-47(36(28)41-22-40-35)31-13-12-24(38)18-29(31)39/h3-4,7-10,12-13,17-18,20,22,26,33H,5-6,11,14-16,19,21H2,1-2H3/t26-,33-/m0/s1. The SMILES string of the molecule is COCCCN1CCCc2c3c(cccc3nn2C)-c2cccc(c2)O[C@H]2C[C@@H](C1=O)N(c1ncnc3c1cnn3-c1ccc(F)cc1F)C2. The van der Waals surface area contributed by atoms with E-state index < -0.39 is 17.7 Å². The number of amides is 1. The number of methoxy groups -OCH3 is 1. The highest BCUT2D eigenvalue weighted by Gasteiger charge is 2.42. The molecular formula is C37H36F2N8O3. The third-order valence-corrected chi connectivity index (χ3v) is 9.66. The van der Waals surface area contributed by atoms with Crippen molar-refractivity contribution in [3.8, 4) is 22.6 Å². The Morgan fingerprint density at radius 2 is 1.94 bits per heavy atom. The van der Waals surface area contributed by atoms with Crippen LogP contribution in [0.1, 0.15) is 25.0 Å². The van der Waals surface area contributed by atoms with Gasteiger partial charge in [-0.15, -0.1) is 0 Å². The van der Waals surface area contributed by atoms with Gasteiger partial charge in [-0.05, 0) is 60.7 Å². The van der Waals surface area contributed by atoms with Crippen molar-refractivity contribution in [3.05, 3.63) is 90.5 Å². The van der Waals surface area contributed by atoms with Crippen LogP contribution in [0.5, 0.6) is 5.75 Å². The van der Waals surface area contributed by atoms with Crippen LogP contribution in [0, 0.1) is 11.6 Å². The first kappa shape index (κ1) is 31.8. The Hall–Kier alpha value is -5.43. The van der Waals surface area contributed by atoms with Crippen LogP contribution in [0.2, 0.25) is 0 Å². The number of anilines is 1. The van der Waals surface area contributed by atoms with Crippen LogP contribution in [0.25, 0.3) is 38.8 Å². The van der Waals surface area contributed by atoms with Gasteiger partial charge in [-0.1, -0.05) is 24.3 Å². The van der Waals surface area contributed by atoms with Gasteiger partial charge in [-0.25, -0.2) is 23.4 Å². The lowest BCUT2D eigenvalue weighted by Gasteiger charge is -2.31. The zero-order chi connectivity index (χ0) is 34.4. The second kappa shape index (κ2) is 13.1. The van der Waals surface area contributed by atoms with Gasteiger partial charge in [0.2, 0.25) is 5.91 Å². The van der Waals surface area contributed by atoms with Crippen LogP contribution in [-0.2, 0) is 23.0 Å². The highest BCUT2D eigenvalue weighted by Crippen LogP contribution is 2.36. The summed E-state index contributed by atoms with van der Waals surface area (Å²) in [6.07, 6.45) is 5.18. The summed E-state index contributed by atoms with van der Waals surface area (Å²) >= 11 is 0. The van der Waals surface area contributed by atoms with Gasteiger partial charge in [0.25, 0.3) is 0 Å². The van der Waals surface area contributed by atoms with Crippen molar-refractivity contribution in [2.24, 2.45) is 7.05 Å². The zero-order valence-electron chi connectivity index (χ0n) is 27.8. The Labute approximate surface area is 287 Å². The number of nitrogens with zero attached hydrogens (tertiary/aromatic N) is 8. The van der Waals surface area contributed by atoms with E-state index in [0.29, 0.717) is 61.7 Å². The van der Waals surface area contributed by atoms with Crippen molar-refractivity contribution in [2.75, 3.05) is 38.3 Å². The molecule has 2 aliphatic rings. The van der Waals surface area contributed by atoms with Gasteiger partial charge in [0.05, 0.1) is 23.6 Å². The number of ether oxygens (including phenoxy) is 2. The van der Waals surface area contributed by atoms with Crippen molar-refractivity contribution in [1.29, 1.82) is 0 Å². The van der Waals surface area contributed by atoms with E-state index in [1.807, 2.05) is 51.9 Å². The molecule has 13 heteroatoms. The number of rotatable bonds is 6. The number of fused-ring (bicyclic) bond motifs is 6. The molecule has 0 spiro atoms. The fourth-order valence-electron chi connectivity index (χ4n) is 7.39. The van der Waals surface area contributed by atoms with E-state index in [1.54, 1.807) is 13.3 Å². The summed E-state index contributed by atoms with van der Waals surface area (Å²) in [4.78, 5) is 27.6. The molecule has 0 unspecified atom stereocenters. The molecule has 0 N–H and O–H groups in total. The Morgan fingerprint density at radius 3 is 2.80 bits per heavy atom. The summed E-state index contributed by atoms with van der Waals surface area (Å²) in [5, 5.41) is 10.9. The van der Waals surface area contributed by atoms with Crippen molar-refractivity contribution in [3.63, 3.8) is 0 Å². The Kier molecular flexibility index (Phi) is 8.35. The summed E-state index contributed by atoms with van der Waals surface area (Å²) in [5.41, 5.74) is 4.55. The van der Waals surface area contributed by atoms with E-state index in [1.165, 1.54) is 23.1 Å². The van der Waals surface area contributed by atoms with Crippen LogP contribution in [0.15, 0.2) is 73.2 Å². The van der Waals surface area contributed by atoms with Crippen molar-refractivity contribution in [1.82, 2.24) is 34.4 Å². The van der Waals surface area contributed by atoms with Gasteiger partial charge >= 0.3 is 0 Å². The molecule has 50 heavy (non-hydrogen) atoms. The van der Waals surface area contributed by atoms with E-state index in [2.05, 4.69) is 27.2 Å². The minimum absolute atomic E-state index is 0.0323. The van der Waals surface area contributed by atoms with E-state index >= 15 is 0 Å². The molecule has 3 aromatic carbocycles. The van der Waals surface area contributed by atoms with E-state index in [9.17, 15) is 13.6 Å². The molecule has 0 saturated carbocycles. The van der Waals surface area contributed by atoms with Crippen LogP contribution in [-0.4, -0.2) is 85.8 Å². The van der Waals surface area contributed by atoms with Gasteiger partial charge in [0, 0.05) is 57.4 Å². The minimum atomic E-state index is -0.769. The normalized spacial score (nSPS) is 18.0. The van der Waals surface area contributed by atoms with Gasteiger partial charge in [0.15, 0.2) is 11.5 Å². The smallest absolute Gasteiger partial charge is 0.245 e. The molecule has 3 aromatic heterocycles. The molecule has 0 radical (unpaired) electrons. The minimum Gasteiger partial charge on any atom is -0.488 e. The summed E-state index contributed by atoms with van der Waals surface area (Å²) < 4.78 is 43.9. The van der Waals surface area contributed by atoms with E-state index in [4.69, 9.17) is 14.6 Å². The number of aromatic nitrogens is 6. The molecule has 11 nitrogen and oxygen atoms in total. The lowest BCUT2D eigenvalue weighted by atomic mass is 9.98. The highest BCUT2D eigenvalue weighted by molar-refractivity contribution is 5.97. The molecular weight excluding hydrogens is 642 g/mol. The lowest BCUT2D eigenvalue weighted by molar-refractivity contribution is -0.132.